The van der Waals surface area contributed by atoms with Crippen LogP contribution in [0.15, 0.2) is 41.2 Å². The highest BCUT2D eigenvalue weighted by Gasteiger charge is 2.13. The van der Waals surface area contributed by atoms with E-state index in [1.165, 1.54) is 41.0 Å². The first kappa shape index (κ1) is 13.5. The van der Waals surface area contributed by atoms with Crippen molar-refractivity contribution in [3.8, 4) is 5.69 Å². The lowest BCUT2D eigenvalue weighted by molar-refractivity contribution is 0.0685. The van der Waals surface area contributed by atoms with Crippen LogP contribution in [0.1, 0.15) is 26.4 Å². The summed E-state index contributed by atoms with van der Waals surface area (Å²) in [6.45, 7) is 1.66. The van der Waals surface area contributed by atoms with Crippen molar-refractivity contribution in [2.75, 3.05) is 0 Å². The van der Waals surface area contributed by atoms with Crippen molar-refractivity contribution >= 4 is 11.9 Å². The summed E-state index contributed by atoms with van der Waals surface area (Å²) in [5.41, 5.74) is 0.0796. The second kappa shape index (κ2) is 5.00. The van der Waals surface area contributed by atoms with Gasteiger partial charge in [-0.1, -0.05) is 0 Å². The molecular formula is C14H11NO5. The quantitative estimate of drug-likeness (QED) is 0.884. The van der Waals surface area contributed by atoms with Gasteiger partial charge < -0.3 is 10.2 Å². The van der Waals surface area contributed by atoms with Crippen molar-refractivity contribution in [2.24, 2.45) is 0 Å². The van der Waals surface area contributed by atoms with Crippen LogP contribution in [0.5, 0.6) is 0 Å². The van der Waals surface area contributed by atoms with E-state index in [2.05, 4.69) is 0 Å². The molecule has 0 aliphatic rings. The molecule has 0 amide bonds. The van der Waals surface area contributed by atoms with Crippen LogP contribution < -0.4 is 5.56 Å². The summed E-state index contributed by atoms with van der Waals surface area (Å²) in [4.78, 5) is 33.9. The lowest BCUT2D eigenvalue weighted by atomic mass is 10.2. The normalized spacial score (nSPS) is 10.2. The highest BCUT2D eigenvalue weighted by Crippen LogP contribution is 2.11. The Labute approximate surface area is 113 Å². The van der Waals surface area contributed by atoms with Gasteiger partial charge in [0.05, 0.1) is 5.56 Å². The molecule has 0 fully saturated rings. The van der Waals surface area contributed by atoms with Crippen molar-refractivity contribution in [2.45, 2.75) is 6.92 Å². The van der Waals surface area contributed by atoms with Crippen LogP contribution in [-0.4, -0.2) is 26.7 Å². The van der Waals surface area contributed by atoms with Crippen LogP contribution in [0.25, 0.3) is 5.69 Å². The van der Waals surface area contributed by atoms with Gasteiger partial charge in [0.1, 0.15) is 5.56 Å². The second-order valence-corrected chi connectivity index (χ2v) is 4.19. The van der Waals surface area contributed by atoms with E-state index >= 15 is 0 Å². The van der Waals surface area contributed by atoms with Crippen molar-refractivity contribution in [3.05, 3.63) is 63.6 Å². The van der Waals surface area contributed by atoms with Crippen molar-refractivity contribution < 1.29 is 19.8 Å². The lowest BCUT2D eigenvalue weighted by Crippen LogP contribution is -2.26. The van der Waals surface area contributed by atoms with Gasteiger partial charge in [0.2, 0.25) is 0 Å². The van der Waals surface area contributed by atoms with Crippen molar-refractivity contribution in [1.82, 2.24) is 4.57 Å². The molecular weight excluding hydrogens is 262 g/mol. The van der Waals surface area contributed by atoms with E-state index in [1.807, 2.05) is 0 Å². The molecule has 0 saturated heterocycles. The first-order valence-electron chi connectivity index (χ1n) is 5.71. The van der Waals surface area contributed by atoms with Gasteiger partial charge in [-0.05, 0) is 43.3 Å². The summed E-state index contributed by atoms with van der Waals surface area (Å²) >= 11 is 0. The Balaban J connectivity index is 2.63. The van der Waals surface area contributed by atoms with Crippen LogP contribution in [-0.2, 0) is 0 Å². The Morgan fingerprint density at radius 2 is 1.55 bits per heavy atom. The fraction of sp³-hybridized carbons (Fsp3) is 0.0714. The standard InChI is InChI=1S/C14H11NO5/c1-8-2-7-11(14(19)20)12(16)15(8)10-5-3-9(4-6-10)13(17)18/h2-7H,1H3,(H,17,18)(H,19,20). The number of aryl methyl sites for hydroxylation is 1. The average Bonchev–Trinajstić information content (AvgIpc) is 2.38. The third-order valence-corrected chi connectivity index (χ3v) is 2.88. The summed E-state index contributed by atoms with van der Waals surface area (Å²) in [7, 11) is 0. The molecule has 6 nitrogen and oxygen atoms in total. The van der Waals surface area contributed by atoms with Gasteiger partial charge >= 0.3 is 11.9 Å². The third-order valence-electron chi connectivity index (χ3n) is 2.88. The van der Waals surface area contributed by atoms with E-state index in [4.69, 9.17) is 10.2 Å². The molecule has 2 rings (SSSR count). The Bertz CT molecular complexity index is 743. The summed E-state index contributed by atoms with van der Waals surface area (Å²) in [5.74, 6) is -2.37. The average molecular weight is 273 g/mol. The predicted molar refractivity (Wildman–Crippen MR) is 70.7 cm³/mol. The Kier molecular flexibility index (Phi) is 3.39. The van der Waals surface area contributed by atoms with Crippen LogP contribution >= 0.6 is 0 Å². The zero-order chi connectivity index (χ0) is 14.9. The van der Waals surface area contributed by atoms with Gasteiger partial charge in [0.25, 0.3) is 5.56 Å². The summed E-state index contributed by atoms with van der Waals surface area (Å²) < 4.78 is 1.23. The Morgan fingerprint density at radius 3 is 2.05 bits per heavy atom. The molecule has 2 aromatic rings. The molecule has 1 aromatic heterocycles. The highest BCUT2D eigenvalue weighted by molar-refractivity contribution is 5.88. The van der Waals surface area contributed by atoms with Gasteiger partial charge in [-0.15, -0.1) is 0 Å². The van der Waals surface area contributed by atoms with Crippen molar-refractivity contribution in [1.29, 1.82) is 0 Å². The number of aromatic nitrogens is 1. The predicted octanol–water partition coefficient (Wildman–Crippen LogP) is 1.54. The molecule has 2 N–H and O–H groups in total. The molecule has 102 valence electrons. The summed E-state index contributed by atoms with van der Waals surface area (Å²) in [5, 5.41) is 17.8. The maximum atomic E-state index is 12.1. The minimum atomic E-state index is -1.30. The first-order chi connectivity index (χ1) is 9.41. The molecule has 0 atom stereocenters. The van der Waals surface area contributed by atoms with Crippen LogP contribution in [0.3, 0.4) is 0 Å². The monoisotopic (exact) mass is 273 g/mol. The van der Waals surface area contributed by atoms with Crippen LogP contribution in [0.2, 0.25) is 0 Å². The van der Waals surface area contributed by atoms with Gasteiger partial charge in [0.15, 0.2) is 0 Å². The van der Waals surface area contributed by atoms with Gasteiger partial charge in [-0.2, -0.15) is 0 Å². The van der Waals surface area contributed by atoms with Crippen LogP contribution in [0, 0.1) is 6.92 Å². The van der Waals surface area contributed by atoms with Crippen molar-refractivity contribution in [3.63, 3.8) is 0 Å². The van der Waals surface area contributed by atoms with E-state index < -0.39 is 17.5 Å². The number of aromatic carboxylic acids is 2. The minimum absolute atomic E-state index is 0.0915. The van der Waals surface area contributed by atoms with E-state index in [-0.39, 0.29) is 11.1 Å². The van der Waals surface area contributed by atoms with Gasteiger partial charge in [-0.3, -0.25) is 9.36 Å². The molecule has 6 heteroatoms. The Hall–Kier alpha value is -2.89. The zero-order valence-electron chi connectivity index (χ0n) is 10.5. The number of hydrogen-bond donors (Lipinski definition) is 2. The topological polar surface area (TPSA) is 96.6 Å². The van der Waals surface area contributed by atoms with Crippen LogP contribution in [0.4, 0.5) is 0 Å². The molecule has 1 heterocycles. The zero-order valence-corrected chi connectivity index (χ0v) is 10.5. The fourth-order valence-electron chi connectivity index (χ4n) is 1.87. The van der Waals surface area contributed by atoms with E-state index in [1.54, 1.807) is 6.92 Å². The summed E-state index contributed by atoms with van der Waals surface area (Å²) in [6.07, 6.45) is 0. The van der Waals surface area contributed by atoms with Gasteiger partial charge in [0, 0.05) is 11.4 Å². The number of benzene rings is 1. The number of carboxylic acid groups (broad SMARTS) is 2. The number of carbonyl (C=O) groups is 2. The third kappa shape index (κ3) is 2.31. The maximum Gasteiger partial charge on any atom is 0.341 e. The largest absolute Gasteiger partial charge is 0.478 e. The molecule has 1 aromatic carbocycles. The lowest BCUT2D eigenvalue weighted by Gasteiger charge is -2.11. The number of carboxylic acids is 2. The molecule has 0 aliphatic heterocycles. The fourth-order valence-corrected chi connectivity index (χ4v) is 1.87. The molecule has 20 heavy (non-hydrogen) atoms. The highest BCUT2D eigenvalue weighted by atomic mass is 16.4. The molecule has 0 radical (unpaired) electrons. The molecule has 0 spiro atoms. The van der Waals surface area contributed by atoms with E-state index in [0.717, 1.165) is 0 Å². The number of rotatable bonds is 3. The smallest absolute Gasteiger partial charge is 0.341 e. The molecule has 0 aliphatic carbocycles. The Morgan fingerprint density at radius 1 is 0.950 bits per heavy atom. The minimum Gasteiger partial charge on any atom is -0.478 e. The van der Waals surface area contributed by atoms with E-state index in [0.29, 0.717) is 11.4 Å². The molecule has 0 unspecified atom stereocenters. The molecule has 0 saturated carbocycles. The summed E-state index contributed by atoms with van der Waals surface area (Å²) in [6, 6.07) is 8.42. The second-order valence-electron chi connectivity index (χ2n) is 4.19. The SMILES string of the molecule is Cc1ccc(C(=O)O)c(=O)n1-c1ccc(C(=O)O)cc1. The van der Waals surface area contributed by atoms with Gasteiger partial charge in [-0.25, -0.2) is 9.59 Å². The number of hydrogen-bond acceptors (Lipinski definition) is 3. The molecule has 0 bridgehead atoms. The maximum absolute atomic E-state index is 12.1. The van der Waals surface area contributed by atoms with E-state index in [9.17, 15) is 14.4 Å². The first-order valence-corrected chi connectivity index (χ1v) is 5.71. The number of pyridine rings is 1. The number of nitrogens with zero attached hydrogens (tertiary/aromatic N) is 1.